The minimum Gasteiger partial charge on any atom is -0.478 e. The van der Waals surface area contributed by atoms with Crippen LogP contribution in [0.4, 0.5) is 11.5 Å². The highest BCUT2D eigenvalue weighted by molar-refractivity contribution is 5.88. The number of carboxylic acid groups (broad SMARTS) is 1. The molecule has 0 fully saturated rings. The first-order valence-electron chi connectivity index (χ1n) is 6.38. The highest BCUT2D eigenvalue weighted by atomic mass is 16.6. The summed E-state index contributed by atoms with van der Waals surface area (Å²) in [6.45, 7) is 8.45. The fourth-order valence-corrected chi connectivity index (χ4v) is 1.85. The third kappa shape index (κ3) is 3.66. The molecule has 0 aliphatic rings. The Bertz CT molecular complexity index is 514. The summed E-state index contributed by atoms with van der Waals surface area (Å²) >= 11 is 0. The predicted molar refractivity (Wildman–Crippen MR) is 75.2 cm³/mol. The van der Waals surface area contributed by atoms with E-state index in [1.807, 2.05) is 32.6 Å². The molecule has 0 bridgehead atoms. The Morgan fingerprint density at radius 3 is 2.45 bits per heavy atom. The molecule has 0 atom stereocenters. The van der Waals surface area contributed by atoms with Gasteiger partial charge in [-0.3, -0.25) is 10.1 Å². The van der Waals surface area contributed by atoms with E-state index in [9.17, 15) is 14.9 Å². The lowest BCUT2D eigenvalue weighted by Gasteiger charge is -2.29. The lowest BCUT2D eigenvalue weighted by molar-refractivity contribution is -0.384. The zero-order valence-corrected chi connectivity index (χ0v) is 12.0. The molecule has 0 amide bonds. The number of carboxylic acids is 1. The Kier molecular flexibility index (Phi) is 5.01. The first-order valence-corrected chi connectivity index (χ1v) is 6.38. The Labute approximate surface area is 117 Å². The minimum absolute atomic E-state index is 0.0271. The van der Waals surface area contributed by atoms with E-state index in [2.05, 4.69) is 4.98 Å². The van der Waals surface area contributed by atoms with Gasteiger partial charge in [0.2, 0.25) is 5.82 Å². The van der Waals surface area contributed by atoms with Gasteiger partial charge in [-0.1, -0.05) is 13.8 Å². The van der Waals surface area contributed by atoms with Crippen LogP contribution in [-0.4, -0.2) is 33.6 Å². The maximum absolute atomic E-state index is 11.2. The summed E-state index contributed by atoms with van der Waals surface area (Å²) in [6, 6.07) is 1.08. The molecule has 0 saturated heterocycles. The molecule has 0 spiro atoms. The molecule has 0 radical (unpaired) electrons. The van der Waals surface area contributed by atoms with Gasteiger partial charge in [0.15, 0.2) is 0 Å². The van der Waals surface area contributed by atoms with Gasteiger partial charge in [0.05, 0.1) is 10.5 Å². The molecular weight excluding hydrogens is 262 g/mol. The summed E-state index contributed by atoms with van der Waals surface area (Å²) in [4.78, 5) is 27.3. The number of aromatic nitrogens is 1. The molecule has 20 heavy (non-hydrogen) atoms. The fourth-order valence-electron chi connectivity index (χ4n) is 1.85. The van der Waals surface area contributed by atoms with Crippen molar-refractivity contribution in [1.29, 1.82) is 0 Å². The second-order valence-electron chi connectivity index (χ2n) is 5.27. The minimum atomic E-state index is -1.23. The van der Waals surface area contributed by atoms with E-state index in [0.29, 0.717) is 12.5 Å². The number of aromatic carboxylic acids is 1. The summed E-state index contributed by atoms with van der Waals surface area (Å²) in [5, 5.41) is 20.1. The van der Waals surface area contributed by atoms with E-state index in [1.54, 1.807) is 0 Å². The van der Waals surface area contributed by atoms with Crippen molar-refractivity contribution < 1.29 is 14.8 Å². The summed E-state index contributed by atoms with van der Waals surface area (Å²) in [7, 11) is 0. The first-order chi connectivity index (χ1) is 9.23. The lowest BCUT2D eigenvalue weighted by atomic mass is 10.1. The molecule has 1 aromatic heterocycles. The third-order valence-corrected chi connectivity index (χ3v) is 2.75. The van der Waals surface area contributed by atoms with Gasteiger partial charge in [-0.05, 0) is 19.8 Å². The van der Waals surface area contributed by atoms with Gasteiger partial charge in [0, 0.05) is 24.8 Å². The van der Waals surface area contributed by atoms with E-state index in [0.717, 1.165) is 12.3 Å². The predicted octanol–water partition coefficient (Wildman–Crippen LogP) is 2.56. The van der Waals surface area contributed by atoms with Gasteiger partial charge in [-0.15, -0.1) is 0 Å². The van der Waals surface area contributed by atoms with Gasteiger partial charge in [0.25, 0.3) is 0 Å². The highest BCUT2D eigenvalue weighted by Gasteiger charge is 2.25. The Balaban J connectivity index is 3.33. The second-order valence-corrected chi connectivity index (χ2v) is 5.27. The Morgan fingerprint density at radius 2 is 2.05 bits per heavy atom. The Morgan fingerprint density at radius 1 is 1.45 bits per heavy atom. The van der Waals surface area contributed by atoms with Gasteiger partial charge in [0.1, 0.15) is 0 Å². The SMILES string of the molecule is CC(C)CN(c1ncc(C(=O)O)cc1[N+](=O)[O-])C(C)C. The Hall–Kier alpha value is -2.18. The summed E-state index contributed by atoms with van der Waals surface area (Å²) in [6.07, 6.45) is 1.15. The van der Waals surface area contributed by atoms with E-state index in [4.69, 9.17) is 5.11 Å². The van der Waals surface area contributed by atoms with Gasteiger partial charge >= 0.3 is 11.7 Å². The number of nitro groups is 1. The molecule has 0 unspecified atom stereocenters. The molecule has 110 valence electrons. The van der Waals surface area contributed by atoms with Crippen molar-refractivity contribution in [1.82, 2.24) is 4.98 Å². The number of nitrogens with zero attached hydrogens (tertiary/aromatic N) is 3. The maximum Gasteiger partial charge on any atom is 0.337 e. The van der Waals surface area contributed by atoms with Crippen molar-refractivity contribution >= 4 is 17.5 Å². The van der Waals surface area contributed by atoms with Crippen LogP contribution in [-0.2, 0) is 0 Å². The van der Waals surface area contributed by atoms with Gasteiger partial charge in [-0.25, -0.2) is 9.78 Å². The molecular formula is C13H19N3O4. The molecule has 1 aromatic rings. The summed E-state index contributed by atoms with van der Waals surface area (Å²) in [5.74, 6) is -0.714. The smallest absolute Gasteiger partial charge is 0.337 e. The van der Waals surface area contributed by atoms with Crippen LogP contribution in [0.1, 0.15) is 38.1 Å². The van der Waals surface area contributed by atoms with E-state index in [1.165, 1.54) is 0 Å². The van der Waals surface area contributed by atoms with Crippen LogP contribution >= 0.6 is 0 Å². The standard InChI is InChI=1S/C13H19N3O4/c1-8(2)7-15(9(3)4)12-11(16(19)20)5-10(6-14-12)13(17)18/h5-6,8-9H,7H2,1-4H3,(H,17,18). The fraction of sp³-hybridized carbons (Fsp3) is 0.538. The van der Waals surface area contributed by atoms with Crippen LogP contribution in [0.15, 0.2) is 12.3 Å². The third-order valence-electron chi connectivity index (χ3n) is 2.75. The molecule has 1 rings (SSSR count). The van der Waals surface area contributed by atoms with Gasteiger partial charge in [-0.2, -0.15) is 0 Å². The number of carbonyl (C=O) groups is 1. The quantitative estimate of drug-likeness (QED) is 0.635. The average Bonchev–Trinajstić information content (AvgIpc) is 2.34. The van der Waals surface area contributed by atoms with Crippen molar-refractivity contribution in [2.24, 2.45) is 5.92 Å². The molecule has 1 heterocycles. The zero-order valence-electron chi connectivity index (χ0n) is 12.0. The number of anilines is 1. The van der Waals surface area contributed by atoms with Crippen LogP contribution in [0.2, 0.25) is 0 Å². The van der Waals surface area contributed by atoms with E-state index in [-0.39, 0.29) is 23.1 Å². The molecule has 0 aliphatic heterocycles. The topological polar surface area (TPSA) is 96.6 Å². The summed E-state index contributed by atoms with van der Waals surface area (Å²) in [5.41, 5.74) is -0.465. The number of rotatable bonds is 6. The second kappa shape index (κ2) is 6.31. The van der Waals surface area contributed by atoms with Crippen molar-refractivity contribution in [3.8, 4) is 0 Å². The van der Waals surface area contributed by atoms with Crippen LogP contribution in [0.3, 0.4) is 0 Å². The summed E-state index contributed by atoms with van der Waals surface area (Å²) < 4.78 is 0. The van der Waals surface area contributed by atoms with Crippen LogP contribution in [0, 0.1) is 16.0 Å². The van der Waals surface area contributed by atoms with Crippen molar-refractivity contribution in [2.45, 2.75) is 33.7 Å². The number of hydrogen-bond acceptors (Lipinski definition) is 5. The van der Waals surface area contributed by atoms with Crippen molar-refractivity contribution in [3.63, 3.8) is 0 Å². The molecule has 7 nitrogen and oxygen atoms in total. The van der Waals surface area contributed by atoms with Crippen LogP contribution < -0.4 is 4.90 Å². The average molecular weight is 281 g/mol. The monoisotopic (exact) mass is 281 g/mol. The van der Waals surface area contributed by atoms with Crippen molar-refractivity contribution in [3.05, 3.63) is 27.9 Å². The molecule has 0 aromatic carbocycles. The normalized spacial score (nSPS) is 10.9. The van der Waals surface area contributed by atoms with Gasteiger partial charge < -0.3 is 10.0 Å². The zero-order chi connectivity index (χ0) is 15.4. The molecule has 7 heteroatoms. The molecule has 0 aliphatic carbocycles. The lowest BCUT2D eigenvalue weighted by Crippen LogP contribution is -2.35. The van der Waals surface area contributed by atoms with Crippen molar-refractivity contribution in [2.75, 3.05) is 11.4 Å². The van der Waals surface area contributed by atoms with Crippen LogP contribution in [0.5, 0.6) is 0 Å². The highest BCUT2D eigenvalue weighted by Crippen LogP contribution is 2.28. The number of pyridine rings is 1. The first kappa shape index (κ1) is 15.9. The van der Waals surface area contributed by atoms with E-state index >= 15 is 0 Å². The maximum atomic E-state index is 11.2. The molecule has 0 saturated carbocycles. The number of hydrogen-bond donors (Lipinski definition) is 1. The van der Waals surface area contributed by atoms with E-state index < -0.39 is 10.9 Å². The largest absolute Gasteiger partial charge is 0.478 e. The van der Waals surface area contributed by atoms with Crippen LogP contribution in [0.25, 0.3) is 0 Å². The molecule has 1 N–H and O–H groups in total.